The topological polar surface area (TPSA) is 3.24 Å². The van der Waals surface area contributed by atoms with Gasteiger partial charge in [0.2, 0.25) is 0 Å². The average Bonchev–Trinajstić information content (AvgIpc) is 3.87. The molecular formula is C62H43N. The minimum absolute atomic E-state index is 0.172. The average molecular weight is 807 g/mol. The maximum atomic E-state index is 8.81. The lowest BCUT2D eigenvalue weighted by molar-refractivity contribution is 0.767. The van der Waals surface area contributed by atoms with Crippen molar-refractivity contribution in [3.63, 3.8) is 0 Å². The number of hydrogen-bond acceptors (Lipinski definition) is 1. The van der Waals surface area contributed by atoms with Crippen LogP contribution in [-0.4, -0.2) is 0 Å². The molecule has 0 bridgehead atoms. The van der Waals surface area contributed by atoms with E-state index in [1.54, 1.807) is 0 Å². The van der Waals surface area contributed by atoms with Gasteiger partial charge in [0.25, 0.3) is 0 Å². The molecule has 0 unspecified atom stereocenters. The first kappa shape index (κ1) is 31.8. The Morgan fingerprint density at radius 3 is 1.05 bits per heavy atom. The van der Waals surface area contributed by atoms with E-state index in [0.717, 1.165) is 17.1 Å². The van der Waals surface area contributed by atoms with E-state index < -0.39 is 16.9 Å². The molecule has 0 heterocycles. The molecule has 10 aromatic carbocycles. The maximum Gasteiger partial charge on any atom is 0.0714 e. The molecule has 0 atom stereocenters. The summed E-state index contributed by atoms with van der Waals surface area (Å²) >= 11 is 0. The van der Waals surface area contributed by atoms with E-state index in [9.17, 15) is 0 Å². The number of fused-ring (bicyclic) bond motifs is 6. The summed E-state index contributed by atoms with van der Waals surface area (Å²) in [4.78, 5) is 2.31. The fourth-order valence-electron chi connectivity index (χ4n) is 10.8. The van der Waals surface area contributed by atoms with Crippen molar-refractivity contribution in [1.82, 2.24) is 0 Å². The molecule has 0 saturated heterocycles. The molecule has 0 aliphatic heterocycles. The molecule has 0 radical (unpaired) electrons. The summed E-state index contributed by atoms with van der Waals surface area (Å²) in [5.74, 6) is 0. The summed E-state index contributed by atoms with van der Waals surface area (Å²) in [5, 5.41) is 0. The Bertz CT molecular complexity index is 3270. The van der Waals surface area contributed by atoms with Crippen LogP contribution in [0.4, 0.5) is 17.1 Å². The van der Waals surface area contributed by atoms with Crippen LogP contribution in [0.25, 0.3) is 33.4 Å². The Morgan fingerprint density at radius 2 is 0.635 bits per heavy atom. The van der Waals surface area contributed by atoms with Gasteiger partial charge in [-0.2, -0.15) is 0 Å². The van der Waals surface area contributed by atoms with E-state index in [2.05, 4.69) is 211 Å². The second-order valence-corrected chi connectivity index (χ2v) is 16.4. The summed E-state index contributed by atoms with van der Waals surface area (Å²) in [5.41, 5.74) is 16.4. The highest BCUT2D eigenvalue weighted by Gasteiger charge is 2.48. The molecule has 0 N–H and O–H groups in total. The highest BCUT2D eigenvalue weighted by molar-refractivity contribution is 5.92. The molecule has 296 valence electrons. The third kappa shape index (κ3) is 5.56. The number of nitrogens with zero attached hydrogens (tertiary/aromatic N) is 1. The van der Waals surface area contributed by atoms with Gasteiger partial charge in [0.05, 0.1) is 17.7 Å². The maximum absolute atomic E-state index is 8.81. The molecular weight excluding hydrogens is 759 g/mol. The summed E-state index contributed by atoms with van der Waals surface area (Å²) < 4.78 is 42.7. The van der Waals surface area contributed by atoms with E-state index in [-0.39, 0.29) is 29.7 Å². The van der Waals surface area contributed by atoms with Crippen LogP contribution in [0, 0.1) is 0 Å². The van der Waals surface area contributed by atoms with Gasteiger partial charge in [0, 0.05) is 17.1 Å². The standard InChI is InChI=1S/C62H43N/c1-6-20-44(21-7-1)45-34-36-50(37-35-45)63(51-38-40-55-53-30-16-18-32-57(53)61(59(55)42-51,46-22-8-2-9-23-46)47-24-10-3-11-25-47)52-39-41-56-54-31-17-19-33-58(54)62(60(56)43-52,48-26-12-4-13-27-48)49-28-14-5-15-29-49/h1-43H/i1D,6D,7D,20D,21D. The Kier molecular flexibility index (Phi) is 7.51. The predicted octanol–water partition coefficient (Wildman–Crippen LogP) is 15.5. The first-order chi connectivity index (χ1) is 33.3. The Hall–Kier alpha value is -8.00. The van der Waals surface area contributed by atoms with Gasteiger partial charge in [-0.15, -0.1) is 0 Å². The Labute approximate surface area is 376 Å². The number of anilines is 3. The smallest absolute Gasteiger partial charge is 0.0714 e. The van der Waals surface area contributed by atoms with Crippen molar-refractivity contribution < 1.29 is 6.85 Å². The molecule has 10 aromatic rings. The van der Waals surface area contributed by atoms with Crippen LogP contribution in [0.2, 0.25) is 0 Å². The second-order valence-electron chi connectivity index (χ2n) is 16.4. The largest absolute Gasteiger partial charge is 0.310 e. The molecule has 2 aliphatic rings. The lowest BCUT2D eigenvalue weighted by Gasteiger charge is -2.36. The van der Waals surface area contributed by atoms with Gasteiger partial charge >= 0.3 is 0 Å². The van der Waals surface area contributed by atoms with E-state index in [1.807, 2.05) is 24.3 Å². The van der Waals surface area contributed by atoms with Crippen molar-refractivity contribution in [3.05, 3.63) is 305 Å². The van der Waals surface area contributed by atoms with Crippen molar-refractivity contribution in [2.45, 2.75) is 10.8 Å². The van der Waals surface area contributed by atoms with Crippen LogP contribution in [0.15, 0.2) is 261 Å². The molecule has 0 fully saturated rings. The van der Waals surface area contributed by atoms with Crippen molar-refractivity contribution in [1.29, 1.82) is 0 Å². The summed E-state index contributed by atoms with van der Waals surface area (Å²) in [6, 6.07) is 80.7. The minimum atomic E-state index is -0.629. The van der Waals surface area contributed by atoms with Crippen molar-refractivity contribution in [2.24, 2.45) is 0 Å². The molecule has 0 saturated carbocycles. The van der Waals surface area contributed by atoms with Crippen LogP contribution in [-0.2, 0) is 10.8 Å². The highest BCUT2D eigenvalue weighted by atomic mass is 15.1. The molecule has 63 heavy (non-hydrogen) atoms. The predicted molar refractivity (Wildman–Crippen MR) is 261 cm³/mol. The summed E-state index contributed by atoms with van der Waals surface area (Å²) in [6.07, 6.45) is 0. The van der Waals surface area contributed by atoms with Crippen molar-refractivity contribution in [2.75, 3.05) is 4.90 Å². The SMILES string of the molecule is [2H]c1c([2H])c([2H])c(-c2ccc(N(c3ccc4c(c3)C(c3ccccc3)(c3ccccc3)c3ccccc3-4)c3ccc4c(c3)C(c3ccccc3)(c3ccccc3)c3ccccc3-4)cc2)c([2H])c1[2H]. The van der Waals surface area contributed by atoms with E-state index >= 15 is 0 Å². The zero-order chi connectivity index (χ0) is 46.1. The molecule has 12 rings (SSSR count). The first-order valence-corrected chi connectivity index (χ1v) is 21.5. The number of rotatable bonds is 8. The van der Waals surface area contributed by atoms with Crippen LogP contribution in [0.1, 0.15) is 51.4 Å². The highest BCUT2D eigenvalue weighted by Crippen LogP contribution is 2.59. The van der Waals surface area contributed by atoms with Gasteiger partial charge in [-0.1, -0.05) is 224 Å². The fraction of sp³-hybridized carbons (Fsp3) is 0.0323. The van der Waals surface area contributed by atoms with Crippen LogP contribution >= 0.6 is 0 Å². The Morgan fingerprint density at radius 1 is 0.286 bits per heavy atom. The van der Waals surface area contributed by atoms with Crippen LogP contribution < -0.4 is 4.90 Å². The van der Waals surface area contributed by atoms with Gasteiger partial charge in [0.1, 0.15) is 0 Å². The van der Waals surface area contributed by atoms with Gasteiger partial charge in [0.15, 0.2) is 0 Å². The zero-order valence-electron chi connectivity index (χ0n) is 39.4. The minimum Gasteiger partial charge on any atom is -0.310 e. The number of hydrogen-bond donors (Lipinski definition) is 0. The third-order valence-corrected chi connectivity index (χ3v) is 13.3. The zero-order valence-corrected chi connectivity index (χ0v) is 34.4. The molecule has 1 nitrogen and oxygen atoms in total. The van der Waals surface area contributed by atoms with E-state index in [0.29, 0.717) is 5.56 Å². The van der Waals surface area contributed by atoms with Gasteiger partial charge in [-0.05, 0) is 114 Å². The van der Waals surface area contributed by atoms with E-state index in [1.165, 1.54) is 66.8 Å². The number of benzene rings is 10. The second kappa shape index (κ2) is 14.9. The summed E-state index contributed by atoms with van der Waals surface area (Å²) in [7, 11) is 0. The molecule has 2 aliphatic carbocycles. The first-order valence-electron chi connectivity index (χ1n) is 24.0. The van der Waals surface area contributed by atoms with E-state index in [4.69, 9.17) is 6.85 Å². The lowest BCUT2D eigenvalue weighted by Crippen LogP contribution is -2.29. The van der Waals surface area contributed by atoms with Crippen molar-refractivity contribution in [3.8, 4) is 33.4 Å². The molecule has 1 heteroatoms. The molecule has 0 aromatic heterocycles. The van der Waals surface area contributed by atoms with Gasteiger partial charge < -0.3 is 4.90 Å². The lowest BCUT2D eigenvalue weighted by atomic mass is 9.67. The van der Waals surface area contributed by atoms with Crippen molar-refractivity contribution >= 4 is 17.1 Å². The third-order valence-electron chi connectivity index (χ3n) is 13.3. The fourth-order valence-corrected chi connectivity index (χ4v) is 10.8. The van der Waals surface area contributed by atoms with Crippen LogP contribution in [0.5, 0.6) is 0 Å². The normalized spacial score (nSPS) is 14.8. The Balaban J connectivity index is 1.13. The quantitative estimate of drug-likeness (QED) is 0.148. The van der Waals surface area contributed by atoms with Gasteiger partial charge in [-0.25, -0.2) is 0 Å². The molecule has 0 amide bonds. The molecule has 0 spiro atoms. The summed E-state index contributed by atoms with van der Waals surface area (Å²) in [6.45, 7) is 0. The van der Waals surface area contributed by atoms with Gasteiger partial charge in [-0.3, -0.25) is 0 Å². The van der Waals surface area contributed by atoms with Crippen LogP contribution in [0.3, 0.4) is 0 Å². The monoisotopic (exact) mass is 806 g/mol.